The molecule has 0 heterocycles. The van der Waals surface area contributed by atoms with Gasteiger partial charge in [-0.2, -0.15) is 0 Å². The first kappa shape index (κ1) is 12.4. The second-order valence-corrected chi connectivity index (χ2v) is 5.42. The summed E-state index contributed by atoms with van der Waals surface area (Å²) in [6.45, 7) is 0. The van der Waals surface area contributed by atoms with Crippen molar-refractivity contribution < 1.29 is 9.18 Å². The molecule has 0 aromatic heterocycles. The fourth-order valence-electron chi connectivity index (χ4n) is 1.75. The molecule has 1 fully saturated rings. The van der Waals surface area contributed by atoms with Gasteiger partial charge in [0.25, 0.3) is 0 Å². The number of hydrogen-bond donors (Lipinski definition) is 2. The predicted molar refractivity (Wildman–Crippen MR) is 66.0 cm³/mol. The van der Waals surface area contributed by atoms with E-state index < -0.39 is 11.4 Å². The number of hydrogen-bond acceptors (Lipinski definition) is 3. The van der Waals surface area contributed by atoms with E-state index in [1.807, 2.05) is 0 Å². The van der Waals surface area contributed by atoms with Gasteiger partial charge in [-0.15, -0.1) is 11.8 Å². The number of primary amides is 1. The molecule has 1 atom stereocenters. The molecular weight excluding hydrogens is 239 g/mol. The van der Waals surface area contributed by atoms with E-state index >= 15 is 0 Å². The second kappa shape index (κ2) is 4.66. The smallest absolute Gasteiger partial charge is 0.238 e. The zero-order valence-electron chi connectivity index (χ0n) is 9.36. The molecule has 4 N–H and O–H groups in total. The third kappa shape index (κ3) is 2.61. The summed E-state index contributed by atoms with van der Waals surface area (Å²) in [4.78, 5) is 11.9. The molecule has 1 saturated carbocycles. The minimum absolute atomic E-state index is 0.152. The molecule has 1 aromatic carbocycles. The van der Waals surface area contributed by atoms with Crippen molar-refractivity contribution in [2.45, 2.75) is 23.3 Å². The Hall–Kier alpha value is -1.07. The normalized spacial score (nSPS) is 18.7. The predicted octanol–water partition coefficient (Wildman–Crippen LogP) is 1.51. The molecule has 1 aromatic rings. The second-order valence-electron chi connectivity index (χ2n) is 4.40. The molecule has 0 radical (unpaired) electrons. The molecule has 92 valence electrons. The Morgan fingerprint density at radius 1 is 1.47 bits per heavy atom. The van der Waals surface area contributed by atoms with E-state index in [-0.39, 0.29) is 11.7 Å². The average molecular weight is 254 g/mol. The number of halogens is 1. The standard InChI is InChI=1S/C12H15FN2OS/c13-9-3-1-2-4-10(9)17-7-12(15,11(14)16)8-5-6-8/h1-4,8H,5-7,15H2,(H2,14,16). The van der Waals surface area contributed by atoms with Gasteiger partial charge in [0.2, 0.25) is 5.91 Å². The highest BCUT2D eigenvalue weighted by Gasteiger charge is 2.46. The van der Waals surface area contributed by atoms with Crippen LogP contribution in [0.4, 0.5) is 4.39 Å². The van der Waals surface area contributed by atoms with Gasteiger partial charge < -0.3 is 11.5 Å². The number of rotatable bonds is 5. The minimum atomic E-state index is -1.01. The summed E-state index contributed by atoms with van der Waals surface area (Å²) in [5.74, 6) is -0.309. The van der Waals surface area contributed by atoms with Gasteiger partial charge in [-0.3, -0.25) is 4.79 Å². The van der Waals surface area contributed by atoms with Crippen molar-refractivity contribution in [1.82, 2.24) is 0 Å². The van der Waals surface area contributed by atoms with E-state index in [4.69, 9.17) is 11.5 Å². The van der Waals surface area contributed by atoms with Crippen LogP contribution in [0, 0.1) is 11.7 Å². The lowest BCUT2D eigenvalue weighted by Crippen LogP contribution is -2.56. The molecule has 0 bridgehead atoms. The highest BCUT2D eigenvalue weighted by atomic mass is 32.2. The lowest BCUT2D eigenvalue weighted by molar-refractivity contribution is -0.123. The Bertz CT molecular complexity index is 436. The Morgan fingerprint density at radius 3 is 2.65 bits per heavy atom. The first-order chi connectivity index (χ1) is 8.04. The van der Waals surface area contributed by atoms with Crippen LogP contribution in [0.25, 0.3) is 0 Å². The van der Waals surface area contributed by atoms with Gasteiger partial charge in [0.05, 0.1) is 0 Å². The van der Waals surface area contributed by atoms with Crippen LogP contribution in [0.1, 0.15) is 12.8 Å². The zero-order chi connectivity index (χ0) is 12.5. The van der Waals surface area contributed by atoms with Crippen molar-refractivity contribution in [3.63, 3.8) is 0 Å². The van der Waals surface area contributed by atoms with E-state index in [1.165, 1.54) is 17.8 Å². The van der Waals surface area contributed by atoms with Gasteiger partial charge in [-0.25, -0.2) is 4.39 Å². The highest BCUT2D eigenvalue weighted by molar-refractivity contribution is 7.99. The van der Waals surface area contributed by atoms with Crippen LogP contribution in [0.5, 0.6) is 0 Å². The molecule has 1 unspecified atom stereocenters. The fourth-order valence-corrected chi connectivity index (χ4v) is 2.90. The molecule has 2 rings (SSSR count). The molecule has 3 nitrogen and oxygen atoms in total. The third-order valence-electron chi connectivity index (χ3n) is 3.07. The van der Waals surface area contributed by atoms with E-state index in [2.05, 4.69) is 0 Å². The van der Waals surface area contributed by atoms with Crippen LogP contribution in [0.15, 0.2) is 29.2 Å². The lowest BCUT2D eigenvalue weighted by atomic mass is 9.96. The quantitative estimate of drug-likeness (QED) is 0.783. The summed E-state index contributed by atoms with van der Waals surface area (Å²) < 4.78 is 13.4. The van der Waals surface area contributed by atoms with Gasteiger partial charge in [-0.1, -0.05) is 12.1 Å². The maximum atomic E-state index is 13.4. The van der Waals surface area contributed by atoms with Crippen LogP contribution in [-0.2, 0) is 4.79 Å². The van der Waals surface area contributed by atoms with E-state index in [0.717, 1.165) is 12.8 Å². The first-order valence-corrected chi connectivity index (χ1v) is 6.48. The van der Waals surface area contributed by atoms with Gasteiger partial charge >= 0.3 is 0 Å². The molecule has 1 aliphatic rings. The third-order valence-corrected chi connectivity index (χ3v) is 4.33. The summed E-state index contributed by atoms with van der Waals surface area (Å²) in [5.41, 5.74) is 10.4. The summed E-state index contributed by atoms with van der Waals surface area (Å²) in [6.07, 6.45) is 1.86. The van der Waals surface area contributed by atoms with Gasteiger partial charge in [-0.05, 0) is 30.9 Å². The Balaban J connectivity index is 2.06. The molecular formula is C12H15FN2OS. The Kier molecular flexibility index (Phi) is 3.40. The van der Waals surface area contributed by atoms with Gasteiger partial charge in [0, 0.05) is 10.6 Å². The van der Waals surface area contributed by atoms with Crippen LogP contribution >= 0.6 is 11.8 Å². The van der Waals surface area contributed by atoms with Gasteiger partial charge in [0.1, 0.15) is 11.4 Å². The average Bonchev–Trinajstić information content (AvgIpc) is 3.11. The Labute approximate surface area is 104 Å². The highest BCUT2D eigenvalue weighted by Crippen LogP contribution is 2.41. The monoisotopic (exact) mass is 254 g/mol. The van der Waals surface area contributed by atoms with Crippen molar-refractivity contribution in [2.75, 3.05) is 5.75 Å². The van der Waals surface area contributed by atoms with Crippen LogP contribution in [-0.4, -0.2) is 17.2 Å². The maximum absolute atomic E-state index is 13.4. The number of carbonyl (C=O) groups is 1. The number of amides is 1. The van der Waals surface area contributed by atoms with Crippen molar-refractivity contribution in [3.05, 3.63) is 30.1 Å². The molecule has 0 aliphatic heterocycles. The summed E-state index contributed by atoms with van der Waals surface area (Å²) >= 11 is 1.25. The molecule has 17 heavy (non-hydrogen) atoms. The molecule has 1 amide bonds. The first-order valence-electron chi connectivity index (χ1n) is 5.50. The van der Waals surface area contributed by atoms with E-state index in [1.54, 1.807) is 18.2 Å². The largest absolute Gasteiger partial charge is 0.368 e. The van der Waals surface area contributed by atoms with Crippen LogP contribution < -0.4 is 11.5 Å². The summed E-state index contributed by atoms with van der Waals surface area (Å²) in [5, 5.41) is 0. The summed E-state index contributed by atoms with van der Waals surface area (Å²) in [7, 11) is 0. The molecule has 1 aliphatic carbocycles. The van der Waals surface area contributed by atoms with Crippen molar-refractivity contribution in [2.24, 2.45) is 17.4 Å². The molecule has 0 spiro atoms. The number of carbonyl (C=O) groups excluding carboxylic acids is 1. The fraction of sp³-hybridized carbons (Fsp3) is 0.417. The lowest BCUT2D eigenvalue weighted by Gasteiger charge is -2.25. The van der Waals surface area contributed by atoms with Crippen molar-refractivity contribution in [3.8, 4) is 0 Å². The Morgan fingerprint density at radius 2 is 2.12 bits per heavy atom. The summed E-state index contributed by atoms with van der Waals surface area (Å²) in [6, 6.07) is 6.45. The number of nitrogens with two attached hydrogens (primary N) is 2. The SMILES string of the molecule is NC(=O)C(N)(CSc1ccccc1F)C1CC1. The minimum Gasteiger partial charge on any atom is -0.368 e. The van der Waals surface area contributed by atoms with Crippen molar-refractivity contribution in [1.29, 1.82) is 0 Å². The number of benzene rings is 1. The van der Waals surface area contributed by atoms with Gasteiger partial charge in [0.15, 0.2) is 0 Å². The number of thioether (sulfide) groups is 1. The van der Waals surface area contributed by atoms with Crippen molar-refractivity contribution >= 4 is 17.7 Å². The topological polar surface area (TPSA) is 69.1 Å². The van der Waals surface area contributed by atoms with E-state index in [9.17, 15) is 9.18 Å². The zero-order valence-corrected chi connectivity index (χ0v) is 10.2. The van der Waals surface area contributed by atoms with Crippen LogP contribution in [0.3, 0.4) is 0 Å². The molecule has 5 heteroatoms. The maximum Gasteiger partial charge on any atom is 0.238 e. The van der Waals surface area contributed by atoms with E-state index in [0.29, 0.717) is 10.6 Å². The molecule has 0 saturated heterocycles. The van der Waals surface area contributed by atoms with Crippen LogP contribution in [0.2, 0.25) is 0 Å².